The number of aromatic hydroxyl groups is 1. The van der Waals surface area contributed by atoms with Gasteiger partial charge in [-0.05, 0) is 60.3 Å². The summed E-state index contributed by atoms with van der Waals surface area (Å²) < 4.78 is 63.7. The van der Waals surface area contributed by atoms with Crippen LogP contribution in [-0.2, 0) is 15.9 Å². The number of fused-ring (bicyclic) bond motifs is 3. The zero-order valence-electron chi connectivity index (χ0n) is 25.6. The van der Waals surface area contributed by atoms with Crippen LogP contribution in [0.1, 0.15) is 38.2 Å². The maximum absolute atomic E-state index is 16.8. The first kappa shape index (κ1) is 29.9. The number of hydrogen-bond acceptors (Lipinski definition) is 9. The van der Waals surface area contributed by atoms with E-state index in [2.05, 4.69) is 14.9 Å². The predicted molar refractivity (Wildman–Crippen MR) is 163 cm³/mol. The Balaban J connectivity index is 1.37. The minimum Gasteiger partial charge on any atom is -0.508 e. The molecule has 0 aliphatic carbocycles. The summed E-state index contributed by atoms with van der Waals surface area (Å²) in [6.07, 6.45) is 3.59. The fourth-order valence-electron chi connectivity index (χ4n) is 7.55. The fraction of sp³-hybridized carbons (Fsp3) is 0.485. The normalized spacial score (nSPS) is 23.0. The molecule has 1 N–H and O–H groups in total. The van der Waals surface area contributed by atoms with E-state index in [0.717, 1.165) is 19.4 Å². The van der Waals surface area contributed by atoms with Crippen LogP contribution in [0.2, 0.25) is 0 Å². The second-order valence-corrected chi connectivity index (χ2v) is 12.3. The Labute approximate surface area is 258 Å². The van der Waals surface area contributed by atoms with Crippen molar-refractivity contribution in [2.45, 2.75) is 56.5 Å². The van der Waals surface area contributed by atoms with E-state index in [4.69, 9.17) is 19.2 Å². The van der Waals surface area contributed by atoms with Crippen molar-refractivity contribution in [3.63, 3.8) is 0 Å². The number of alkyl halides is 1. The number of phenolic OH excluding ortho intramolecular Hbond substituents is 1. The molecule has 0 amide bonds. The lowest BCUT2D eigenvalue weighted by Gasteiger charge is -2.31. The molecular formula is C33H36F3N5O4. The first-order valence-electron chi connectivity index (χ1n) is 15.4. The minimum atomic E-state index is -0.927. The van der Waals surface area contributed by atoms with E-state index in [0.29, 0.717) is 66.4 Å². The lowest BCUT2D eigenvalue weighted by Crippen LogP contribution is -2.43. The third kappa shape index (κ3) is 4.94. The molecule has 3 saturated heterocycles. The molecule has 0 spiro atoms. The number of benzene rings is 2. The monoisotopic (exact) mass is 623 g/mol. The number of anilines is 1. The van der Waals surface area contributed by atoms with Gasteiger partial charge in [0.15, 0.2) is 11.6 Å². The van der Waals surface area contributed by atoms with Crippen molar-refractivity contribution in [3.05, 3.63) is 47.7 Å². The number of aromatic nitrogens is 3. The molecule has 2 aromatic heterocycles. The summed E-state index contributed by atoms with van der Waals surface area (Å²) in [4.78, 5) is 17.8. The molecular weight excluding hydrogens is 587 g/mol. The second-order valence-electron chi connectivity index (χ2n) is 12.3. The van der Waals surface area contributed by atoms with E-state index in [-0.39, 0.29) is 35.1 Å². The Morgan fingerprint density at radius 2 is 1.91 bits per heavy atom. The Morgan fingerprint density at radius 3 is 2.67 bits per heavy atom. The predicted octanol–water partition coefficient (Wildman–Crippen LogP) is 5.55. The Morgan fingerprint density at radius 1 is 1.09 bits per heavy atom. The summed E-state index contributed by atoms with van der Waals surface area (Å²) in [5.74, 6) is -1.74. The Hall–Kier alpha value is -3.74. The molecule has 0 bridgehead atoms. The van der Waals surface area contributed by atoms with Gasteiger partial charge in [0.1, 0.15) is 41.4 Å². The zero-order chi connectivity index (χ0) is 31.5. The number of phenols is 1. The van der Waals surface area contributed by atoms with Crippen LogP contribution in [-0.4, -0.2) is 89.5 Å². The van der Waals surface area contributed by atoms with Crippen LogP contribution in [0.4, 0.5) is 19.0 Å². The van der Waals surface area contributed by atoms with Crippen LogP contribution >= 0.6 is 0 Å². The van der Waals surface area contributed by atoms with Crippen molar-refractivity contribution in [2.24, 2.45) is 0 Å². The first-order valence-corrected chi connectivity index (χ1v) is 15.4. The molecule has 12 heteroatoms. The maximum Gasteiger partial charge on any atom is 0.319 e. The molecule has 238 valence electrons. The summed E-state index contributed by atoms with van der Waals surface area (Å²) in [6, 6.07) is 5.77. The number of methoxy groups -OCH3 is 2. The van der Waals surface area contributed by atoms with Gasteiger partial charge in [0, 0.05) is 51.9 Å². The van der Waals surface area contributed by atoms with Crippen LogP contribution in [0, 0.1) is 11.6 Å². The molecule has 1 unspecified atom stereocenters. The molecule has 4 aromatic rings. The molecule has 45 heavy (non-hydrogen) atoms. The van der Waals surface area contributed by atoms with Crippen LogP contribution in [0.15, 0.2) is 30.5 Å². The topological polar surface area (TPSA) is 93.1 Å². The summed E-state index contributed by atoms with van der Waals surface area (Å²) >= 11 is 0. The van der Waals surface area contributed by atoms with Gasteiger partial charge < -0.3 is 24.2 Å². The Bertz CT molecular complexity index is 1790. The van der Waals surface area contributed by atoms with Crippen molar-refractivity contribution < 1.29 is 32.5 Å². The average Bonchev–Trinajstić information content (AvgIpc) is 3.72. The summed E-state index contributed by atoms with van der Waals surface area (Å²) in [5.41, 5.74) is 0.0829. The second kappa shape index (κ2) is 11.3. The zero-order valence-corrected chi connectivity index (χ0v) is 25.6. The van der Waals surface area contributed by atoms with Crippen LogP contribution < -0.4 is 9.64 Å². The molecule has 7 rings (SSSR count). The quantitative estimate of drug-likeness (QED) is 0.254. The smallest absolute Gasteiger partial charge is 0.319 e. The van der Waals surface area contributed by atoms with Gasteiger partial charge in [-0.15, -0.1) is 0 Å². The van der Waals surface area contributed by atoms with Crippen molar-refractivity contribution in [2.75, 3.05) is 51.9 Å². The van der Waals surface area contributed by atoms with E-state index < -0.39 is 29.1 Å². The van der Waals surface area contributed by atoms with Gasteiger partial charge >= 0.3 is 6.01 Å². The lowest BCUT2D eigenvalue weighted by atomic mass is 9.94. The number of pyridine rings is 1. The van der Waals surface area contributed by atoms with E-state index in [1.165, 1.54) is 24.4 Å². The highest BCUT2D eigenvalue weighted by atomic mass is 19.1. The number of hydrogen-bond donors (Lipinski definition) is 1. The van der Waals surface area contributed by atoms with Crippen molar-refractivity contribution in [1.82, 2.24) is 19.9 Å². The van der Waals surface area contributed by atoms with Gasteiger partial charge in [-0.3, -0.25) is 9.88 Å². The number of nitrogens with zero attached hydrogens (tertiary/aromatic N) is 5. The number of rotatable bonds is 8. The van der Waals surface area contributed by atoms with Crippen LogP contribution in [0.5, 0.6) is 11.8 Å². The van der Waals surface area contributed by atoms with E-state index in [9.17, 15) is 13.9 Å². The van der Waals surface area contributed by atoms with E-state index in [1.807, 2.05) is 11.8 Å². The summed E-state index contributed by atoms with van der Waals surface area (Å²) in [5, 5.41) is 11.9. The average molecular weight is 624 g/mol. The maximum atomic E-state index is 16.8. The summed E-state index contributed by atoms with van der Waals surface area (Å²) in [7, 11) is 3.15. The highest BCUT2D eigenvalue weighted by Crippen LogP contribution is 2.42. The van der Waals surface area contributed by atoms with Gasteiger partial charge in [-0.2, -0.15) is 9.97 Å². The van der Waals surface area contributed by atoms with Gasteiger partial charge in [0.25, 0.3) is 0 Å². The Kier molecular flexibility index (Phi) is 7.49. The molecule has 3 aliphatic rings. The van der Waals surface area contributed by atoms with E-state index in [1.54, 1.807) is 20.3 Å². The third-order valence-corrected chi connectivity index (χ3v) is 9.87. The summed E-state index contributed by atoms with van der Waals surface area (Å²) in [6.45, 7) is 4.01. The van der Waals surface area contributed by atoms with Crippen molar-refractivity contribution in [1.29, 1.82) is 0 Å². The standard InChI is InChI=1S/C33H36F3N5O4/c1-4-22-25(35)7-6-19-12-21(42)13-23(26(19)22)28-27(36)29-24(15-37-28)30(40-11-9-33(17-40,43-2)44-3)39-31(38-29)45-18-32-8-5-10-41(32)16-20(34)14-32/h6-7,12-13,15,20,42H,4-5,8-11,14,16-18H2,1-3H3/t20-,32?/m1/s1. The largest absolute Gasteiger partial charge is 0.508 e. The number of ether oxygens (including phenoxy) is 3. The van der Waals surface area contributed by atoms with Gasteiger partial charge in [-0.1, -0.05) is 13.0 Å². The highest BCUT2D eigenvalue weighted by molar-refractivity contribution is 6.01. The molecule has 0 radical (unpaired) electrons. The molecule has 3 fully saturated rings. The molecule has 2 atom stereocenters. The SMILES string of the molecule is CCc1c(F)ccc2cc(O)cc(-c3ncc4c(N5CCC(OC)(OC)C5)nc(OCC56CCCN5C[C@H](F)C6)nc4c3F)c12. The molecule has 2 aromatic carbocycles. The van der Waals surface area contributed by atoms with Crippen LogP contribution in [0.25, 0.3) is 32.9 Å². The van der Waals surface area contributed by atoms with Gasteiger partial charge in [-0.25, -0.2) is 13.2 Å². The third-order valence-electron chi connectivity index (χ3n) is 9.87. The number of aryl methyl sites for hydroxylation is 1. The first-order chi connectivity index (χ1) is 21.7. The molecule has 3 aliphatic heterocycles. The van der Waals surface area contributed by atoms with Gasteiger partial charge in [0.2, 0.25) is 0 Å². The van der Waals surface area contributed by atoms with Crippen molar-refractivity contribution >= 4 is 27.5 Å². The van der Waals surface area contributed by atoms with Gasteiger partial charge in [0.05, 0.1) is 17.5 Å². The van der Waals surface area contributed by atoms with Crippen molar-refractivity contribution in [3.8, 4) is 23.0 Å². The molecule has 9 nitrogen and oxygen atoms in total. The number of halogens is 3. The molecule has 0 saturated carbocycles. The fourth-order valence-corrected chi connectivity index (χ4v) is 7.55. The van der Waals surface area contributed by atoms with Crippen LogP contribution in [0.3, 0.4) is 0 Å². The minimum absolute atomic E-state index is 0.0335. The highest BCUT2D eigenvalue weighted by Gasteiger charge is 2.49. The lowest BCUT2D eigenvalue weighted by molar-refractivity contribution is -0.189. The van der Waals surface area contributed by atoms with E-state index >= 15 is 4.39 Å². The molecule has 5 heterocycles.